The summed E-state index contributed by atoms with van der Waals surface area (Å²) in [6, 6.07) is 5.34. The number of ether oxygens (including phenoxy) is 2. The van der Waals surface area contributed by atoms with E-state index >= 15 is 0 Å². The van der Waals surface area contributed by atoms with Crippen LogP contribution in [-0.2, 0) is 11.2 Å². The summed E-state index contributed by atoms with van der Waals surface area (Å²) in [6.45, 7) is 0.612. The molecule has 1 aromatic rings. The van der Waals surface area contributed by atoms with Gasteiger partial charge in [-0.05, 0) is 31.4 Å². The van der Waals surface area contributed by atoms with Crippen molar-refractivity contribution in [2.24, 2.45) is 4.99 Å². The molecule has 0 bridgehead atoms. The van der Waals surface area contributed by atoms with Crippen molar-refractivity contribution >= 4 is 5.71 Å². The van der Waals surface area contributed by atoms with Crippen molar-refractivity contribution in [2.45, 2.75) is 25.7 Å². The molecule has 0 saturated carbocycles. The van der Waals surface area contributed by atoms with Gasteiger partial charge in [0.25, 0.3) is 6.43 Å². The first-order valence-electron chi connectivity index (χ1n) is 7.17. The van der Waals surface area contributed by atoms with Crippen LogP contribution in [0.25, 0.3) is 0 Å². The van der Waals surface area contributed by atoms with Crippen molar-refractivity contribution in [1.29, 1.82) is 5.26 Å². The van der Waals surface area contributed by atoms with E-state index < -0.39 is 13.0 Å². The van der Waals surface area contributed by atoms with Gasteiger partial charge >= 0.3 is 0 Å². The van der Waals surface area contributed by atoms with E-state index in [1.807, 2.05) is 0 Å². The van der Waals surface area contributed by atoms with E-state index in [4.69, 9.17) is 9.47 Å². The average molecular weight is 308 g/mol. The Bertz CT molecular complexity index is 595. The summed E-state index contributed by atoms with van der Waals surface area (Å²) < 4.78 is 34.8. The number of alkyl halides is 2. The number of hydrogen-bond donors (Lipinski definition) is 0. The minimum absolute atomic E-state index is 0.427. The highest BCUT2D eigenvalue weighted by molar-refractivity contribution is 6.07. The van der Waals surface area contributed by atoms with E-state index in [1.165, 1.54) is 0 Å². The first-order chi connectivity index (χ1) is 10.7. The Morgan fingerprint density at radius 2 is 2.18 bits per heavy atom. The molecule has 0 atom stereocenters. The van der Waals surface area contributed by atoms with Crippen LogP contribution in [0.5, 0.6) is 5.75 Å². The number of nitriles is 1. The molecular formula is C16H18F2N2O2. The largest absolute Gasteiger partial charge is 0.487 e. The lowest BCUT2D eigenvalue weighted by atomic mass is 10.0. The maximum atomic E-state index is 12.3. The number of fused-ring (bicyclic) bond motifs is 1. The van der Waals surface area contributed by atoms with Gasteiger partial charge in [-0.2, -0.15) is 5.26 Å². The zero-order valence-corrected chi connectivity index (χ0v) is 12.4. The van der Waals surface area contributed by atoms with Gasteiger partial charge in [0.15, 0.2) is 0 Å². The number of methoxy groups -OCH3 is 1. The Balaban J connectivity index is 2.24. The molecule has 0 aromatic heterocycles. The van der Waals surface area contributed by atoms with Gasteiger partial charge in [0, 0.05) is 37.1 Å². The number of rotatable bonds is 7. The molecule has 0 amide bonds. The van der Waals surface area contributed by atoms with E-state index in [2.05, 4.69) is 11.1 Å². The highest BCUT2D eigenvalue weighted by Gasteiger charge is 2.25. The molecule has 0 aliphatic heterocycles. The van der Waals surface area contributed by atoms with Crippen LogP contribution in [0.1, 0.15) is 29.5 Å². The second kappa shape index (κ2) is 7.85. The average Bonchev–Trinajstić information content (AvgIpc) is 2.93. The molecular weight excluding hydrogens is 290 g/mol. The molecule has 4 nitrogen and oxygen atoms in total. The minimum atomic E-state index is -2.52. The second-order valence-corrected chi connectivity index (χ2v) is 4.95. The molecule has 0 saturated heterocycles. The number of hydrogen-bond acceptors (Lipinski definition) is 4. The van der Waals surface area contributed by atoms with Crippen LogP contribution in [0.4, 0.5) is 8.78 Å². The van der Waals surface area contributed by atoms with E-state index in [0.29, 0.717) is 37.3 Å². The molecule has 0 heterocycles. The van der Waals surface area contributed by atoms with E-state index in [9.17, 15) is 14.0 Å². The van der Waals surface area contributed by atoms with Crippen LogP contribution in [0.3, 0.4) is 0 Å². The Hall–Kier alpha value is -2.00. The summed E-state index contributed by atoms with van der Waals surface area (Å²) in [5.41, 5.74) is 2.93. The summed E-state index contributed by atoms with van der Waals surface area (Å²) in [5.74, 6) is 0.427. The number of benzene rings is 1. The first kappa shape index (κ1) is 16.4. The lowest BCUT2D eigenvalue weighted by Gasteiger charge is -2.11. The summed E-state index contributed by atoms with van der Waals surface area (Å²) >= 11 is 0. The maximum Gasteiger partial charge on any atom is 0.272 e. The third-order valence-corrected chi connectivity index (χ3v) is 3.46. The monoisotopic (exact) mass is 308 g/mol. The fourth-order valence-electron chi connectivity index (χ4n) is 2.54. The zero-order chi connectivity index (χ0) is 15.9. The first-order valence-corrected chi connectivity index (χ1v) is 7.17. The molecule has 0 unspecified atom stereocenters. The molecule has 1 aliphatic carbocycles. The molecule has 0 N–H and O–H groups in total. The molecule has 0 fully saturated rings. The topological polar surface area (TPSA) is 54.6 Å². The highest BCUT2D eigenvalue weighted by atomic mass is 19.3. The normalized spacial score (nSPS) is 15.1. The number of halogens is 2. The Labute approximate surface area is 128 Å². The smallest absolute Gasteiger partial charge is 0.272 e. The molecule has 6 heteroatoms. The summed E-state index contributed by atoms with van der Waals surface area (Å²) in [6.07, 6.45) is -0.355. The predicted molar refractivity (Wildman–Crippen MR) is 78.9 cm³/mol. The predicted octanol–water partition coefficient (Wildman–Crippen LogP) is 2.97. The van der Waals surface area contributed by atoms with Crippen molar-refractivity contribution in [3.05, 3.63) is 28.8 Å². The van der Waals surface area contributed by atoms with Gasteiger partial charge in [-0.3, -0.25) is 4.99 Å². The fourth-order valence-corrected chi connectivity index (χ4v) is 2.54. The molecule has 1 aromatic carbocycles. The van der Waals surface area contributed by atoms with Crippen molar-refractivity contribution in [1.82, 2.24) is 0 Å². The molecule has 0 radical (unpaired) electrons. The molecule has 0 spiro atoms. The van der Waals surface area contributed by atoms with Gasteiger partial charge in [0.2, 0.25) is 0 Å². The van der Waals surface area contributed by atoms with Gasteiger partial charge in [-0.15, -0.1) is 0 Å². The van der Waals surface area contributed by atoms with Crippen LogP contribution in [-0.4, -0.2) is 39.0 Å². The minimum Gasteiger partial charge on any atom is -0.487 e. The van der Waals surface area contributed by atoms with Gasteiger partial charge < -0.3 is 9.47 Å². The quantitative estimate of drug-likeness (QED) is 0.728. The Kier molecular flexibility index (Phi) is 5.84. The molecule has 1 aliphatic rings. The van der Waals surface area contributed by atoms with Crippen molar-refractivity contribution in [3.8, 4) is 11.8 Å². The maximum absolute atomic E-state index is 12.3. The van der Waals surface area contributed by atoms with Gasteiger partial charge in [0.05, 0.1) is 11.6 Å². The summed E-state index contributed by atoms with van der Waals surface area (Å²) in [4.78, 5) is 4.53. The van der Waals surface area contributed by atoms with E-state index in [-0.39, 0.29) is 0 Å². The second-order valence-electron chi connectivity index (χ2n) is 4.95. The standard InChI is InChI=1S/C16H18F2N2O2/c1-21-8-2-7-20-13-5-4-12-14(22-10-15(17)18)6-3-11(9-19)16(12)13/h3,6,15H,2,4-5,7-8,10H2,1H3/b20-13-. The van der Waals surface area contributed by atoms with E-state index in [0.717, 1.165) is 23.3 Å². The Morgan fingerprint density at radius 3 is 2.86 bits per heavy atom. The van der Waals surface area contributed by atoms with Crippen molar-refractivity contribution in [2.75, 3.05) is 26.9 Å². The fraction of sp³-hybridized carbons (Fsp3) is 0.500. The van der Waals surface area contributed by atoms with Crippen LogP contribution in [0.2, 0.25) is 0 Å². The van der Waals surface area contributed by atoms with Crippen LogP contribution in [0.15, 0.2) is 17.1 Å². The SMILES string of the molecule is COCCC/N=C1/CCc2c(OCC(F)F)ccc(C#N)c21. The van der Waals surface area contributed by atoms with Crippen molar-refractivity contribution in [3.63, 3.8) is 0 Å². The van der Waals surface area contributed by atoms with Crippen LogP contribution < -0.4 is 4.74 Å². The lowest BCUT2D eigenvalue weighted by Crippen LogP contribution is -2.09. The third kappa shape index (κ3) is 3.80. The molecule has 2 rings (SSSR count). The van der Waals surface area contributed by atoms with Crippen LogP contribution in [0, 0.1) is 11.3 Å². The Morgan fingerprint density at radius 1 is 1.36 bits per heavy atom. The highest BCUT2D eigenvalue weighted by Crippen LogP contribution is 2.33. The third-order valence-electron chi connectivity index (χ3n) is 3.46. The zero-order valence-electron chi connectivity index (χ0n) is 12.4. The number of aliphatic imine (C=N–C) groups is 1. The molecule has 22 heavy (non-hydrogen) atoms. The van der Waals surface area contributed by atoms with E-state index in [1.54, 1.807) is 19.2 Å². The lowest BCUT2D eigenvalue weighted by molar-refractivity contribution is 0.0815. The van der Waals surface area contributed by atoms with Gasteiger partial charge in [-0.25, -0.2) is 8.78 Å². The van der Waals surface area contributed by atoms with Crippen LogP contribution >= 0.6 is 0 Å². The van der Waals surface area contributed by atoms with Gasteiger partial charge in [0.1, 0.15) is 12.4 Å². The molecule has 118 valence electrons. The summed E-state index contributed by atoms with van der Waals surface area (Å²) in [5, 5.41) is 9.25. The number of nitrogens with zero attached hydrogens (tertiary/aromatic N) is 2. The van der Waals surface area contributed by atoms with Gasteiger partial charge in [-0.1, -0.05) is 0 Å². The summed E-state index contributed by atoms with van der Waals surface area (Å²) in [7, 11) is 1.64. The van der Waals surface area contributed by atoms with Crippen molar-refractivity contribution < 1.29 is 18.3 Å².